The molecule has 3 aliphatic rings. The fourth-order valence-electron chi connectivity index (χ4n) is 3.81. The zero-order chi connectivity index (χ0) is 14.2. The van der Waals surface area contributed by atoms with E-state index in [0.29, 0.717) is 17.9 Å². The van der Waals surface area contributed by atoms with Crippen molar-refractivity contribution in [2.45, 2.75) is 37.6 Å². The molecule has 2 fully saturated rings. The zero-order valence-corrected chi connectivity index (χ0v) is 13.8. The molecule has 0 bridgehead atoms. The van der Waals surface area contributed by atoms with Crippen LogP contribution in [0.3, 0.4) is 0 Å². The van der Waals surface area contributed by atoms with Crippen LogP contribution in [-0.2, 0) is 9.47 Å². The Balaban J connectivity index is 1.65. The Morgan fingerprint density at radius 2 is 1.90 bits per heavy atom. The molecule has 4 heterocycles. The van der Waals surface area contributed by atoms with Crippen molar-refractivity contribution in [2.24, 2.45) is 5.92 Å². The molecule has 5 nitrogen and oxygen atoms in total. The maximum atomic E-state index is 5.59. The average Bonchev–Trinajstić information content (AvgIpc) is 3.17. The van der Waals surface area contributed by atoms with E-state index in [1.54, 1.807) is 0 Å². The van der Waals surface area contributed by atoms with Crippen molar-refractivity contribution >= 4 is 21.7 Å². The van der Waals surface area contributed by atoms with E-state index >= 15 is 0 Å². The summed E-state index contributed by atoms with van der Waals surface area (Å²) in [6, 6.07) is 0.480. The zero-order valence-electron chi connectivity index (χ0n) is 12.2. The van der Waals surface area contributed by atoms with Crippen LogP contribution in [0.4, 0.5) is 5.82 Å². The normalized spacial score (nSPS) is 30.1. The van der Waals surface area contributed by atoms with E-state index in [9.17, 15) is 0 Å². The molecule has 2 unspecified atom stereocenters. The number of fused-ring (bicyclic) bond motifs is 1. The van der Waals surface area contributed by atoms with Crippen molar-refractivity contribution in [1.29, 1.82) is 0 Å². The van der Waals surface area contributed by atoms with Crippen molar-refractivity contribution in [3.8, 4) is 0 Å². The molecule has 0 spiro atoms. The molecule has 0 aromatic carbocycles. The van der Waals surface area contributed by atoms with Gasteiger partial charge in [-0.3, -0.25) is 0 Å². The van der Waals surface area contributed by atoms with Gasteiger partial charge >= 0.3 is 0 Å². The van der Waals surface area contributed by atoms with E-state index < -0.39 is 0 Å². The summed E-state index contributed by atoms with van der Waals surface area (Å²) in [5.41, 5.74) is 1.21. The Kier molecular flexibility index (Phi) is 3.94. The highest BCUT2D eigenvalue weighted by atomic mass is 79.9. The highest BCUT2D eigenvalue weighted by Gasteiger charge is 2.34. The van der Waals surface area contributed by atoms with Crippen molar-refractivity contribution in [2.75, 3.05) is 38.3 Å². The molecule has 0 radical (unpaired) electrons. The minimum atomic E-state index is 0.480. The number of aromatic nitrogens is 2. The maximum Gasteiger partial charge on any atom is 0.139 e. The Morgan fingerprint density at radius 3 is 2.67 bits per heavy atom. The van der Waals surface area contributed by atoms with E-state index in [2.05, 4.69) is 25.9 Å². The number of ether oxygens (including phenoxy) is 2. The van der Waals surface area contributed by atoms with Gasteiger partial charge in [0.25, 0.3) is 0 Å². The summed E-state index contributed by atoms with van der Waals surface area (Å²) < 4.78 is 14.5. The first kappa shape index (κ1) is 14.0. The van der Waals surface area contributed by atoms with E-state index in [4.69, 9.17) is 14.6 Å². The highest BCUT2D eigenvalue weighted by molar-refractivity contribution is 9.10. The Morgan fingerprint density at radius 1 is 1.10 bits per heavy atom. The minimum absolute atomic E-state index is 0.480. The monoisotopic (exact) mass is 355 g/mol. The molecule has 3 aliphatic heterocycles. The number of hydrogen-bond donors (Lipinski definition) is 1. The van der Waals surface area contributed by atoms with Crippen LogP contribution in [0.1, 0.15) is 43.3 Å². The predicted molar refractivity (Wildman–Crippen MR) is 83.8 cm³/mol. The Hall–Kier alpha value is -0.590. The summed E-state index contributed by atoms with van der Waals surface area (Å²) in [7, 11) is 0. The van der Waals surface area contributed by atoms with Gasteiger partial charge in [0.05, 0.1) is 22.8 Å². The van der Waals surface area contributed by atoms with Crippen molar-refractivity contribution in [3.63, 3.8) is 0 Å². The second-order valence-corrected chi connectivity index (χ2v) is 7.08. The van der Waals surface area contributed by atoms with Crippen LogP contribution in [0.5, 0.6) is 0 Å². The quantitative estimate of drug-likeness (QED) is 0.885. The molecule has 1 N–H and O–H groups in total. The van der Waals surface area contributed by atoms with E-state index in [1.165, 1.54) is 11.5 Å². The third kappa shape index (κ3) is 2.51. The maximum absolute atomic E-state index is 5.59. The van der Waals surface area contributed by atoms with Crippen LogP contribution in [-0.4, -0.2) is 42.8 Å². The largest absolute Gasteiger partial charge is 0.381 e. The lowest BCUT2D eigenvalue weighted by Crippen LogP contribution is -2.29. The number of halogens is 1. The van der Waals surface area contributed by atoms with Gasteiger partial charge in [0.1, 0.15) is 5.82 Å². The van der Waals surface area contributed by atoms with Crippen LogP contribution < -0.4 is 5.32 Å². The molecule has 4 rings (SSSR count). The first-order chi connectivity index (χ1) is 10.3. The fraction of sp³-hybridized carbons (Fsp3) is 0.800. The number of nitrogens with one attached hydrogen (secondary N) is 1. The second kappa shape index (κ2) is 5.89. The molecule has 2 atom stereocenters. The Bertz CT molecular complexity index is 507. The van der Waals surface area contributed by atoms with E-state index in [0.717, 1.165) is 63.1 Å². The topological polar surface area (TPSA) is 48.3 Å². The van der Waals surface area contributed by atoms with Crippen molar-refractivity contribution in [1.82, 2.24) is 9.78 Å². The van der Waals surface area contributed by atoms with Crippen molar-refractivity contribution in [3.05, 3.63) is 10.2 Å². The van der Waals surface area contributed by atoms with Crippen LogP contribution in [0.25, 0.3) is 0 Å². The Labute approximate surface area is 133 Å². The van der Waals surface area contributed by atoms with Gasteiger partial charge in [-0.1, -0.05) is 0 Å². The highest BCUT2D eigenvalue weighted by Crippen LogP contribution is 2.42. The van der Waals surface area contributed by atoms with Gasteiger partial charge in [0.15, 0.2) is 0 Å². The molecule has 0 aliphatic carbocycles. The first-order valence-electron chi connectivity index (χ1n) is 8.02. The number of anilines is 1. The average molecular weight is 356 g/mol. The molecule has 1 aromatic rings. The third-order valence-electron chi connectivity index (χ3n) is 5.04. The van der Waals surface area contributed by atoms with Crippen LogP contribution >= 0.6 is 15.9 Å². The molecule has 1 aromatic heterocycles. The molecule has 21 heavy (non-hydrogen) atoms. The van der Waals surface area contributed by atoms with Gasteiger partial charge in [-0.05, 0) is 41.6 Å². The molecule has 2 saturated heterocycles. The summed E-state index contributed by atoms with van der Waals surface area (Å²) in [5.74, 6) is 2.30. The summed E-state index contributed by atoms with van der Waals surface area (Å²) in [6.07, 6.45) is 4.45. The molecule has 0 saturated carbocycles. The number of nitrogens with zero attached hydrogens (tertiary/aromatic N) is 2. The molecular formula is C15H22BrN3O2. The SMILES string of the molecule is Brc1c(C2CCOCC2)nn2c1NCCC2C1CCOC1. The van der Waals surface area contributed by atoms with Gasteiger partial charge in [0.2, 0.25) is 0 Å². The smallest absolute Gasteiger partial charge is 0.139 e. The van der Waals surface area contributed by atoms with E-state index in [1.807, 2.05) is 0 Å². The number of rotatable bonds is 2. The predicted octanol–water partition coefficient (Wildman–Crippen LogP) is 2.93. The molecular weight excluding hydrogens is 334 g/mol. The van der Waals surface area contributed by atoms with E-state index in [-0.39, 0.29) is 0 Å². The summed E-state index contributed by atoms with van der Waals surface area (Å²) in [5, 5.41) is 8.52. The molecule has 116 valence electrons. The lowest BCUT2D eigenvalue weighted by molar-refractivity contribution is 0.0840. The molecule has 0 amide bonds. The summed E-state index contributed by atoms with van der Waals surface area (Å²) in [4.78, 5) is 0. The van der Waals surface area contributed by atoms with Gasteiger partial charge in [-0.2, -0.15) is 5.10 Å². The molecule has 6 heteroatoms. The standard InChI is InChI=1S/C15H22BrN3O2/c16-13-14(10-2-6-20-7-3-10)18-19-12(1-5-17-15(13)19)11-4-8-21-9-11/h10-12,17H,1-9H2. The van der Waals surface area contributed by atoms with Crippen LogP contribution in [0, 0.1) is 5.92 Å². The van der Waals surface area contributed by atoms with Crippen LogP contribution in [0.15, 0.2) is 4.47 Å². The summed E-state index contributed by atoms with van der Waals surface area (Å²) >= 11 is 3.79. The van der Waals surface area contributed by atoms with Crippen LogP contribution in [0.2, 0.25) is 0 Å². The fourth-order valence-corrected chi connectivity index (χ4v) is 4.54. The van der Waals surface area contributed by atoms with Gasteiger partial charge in [0, 0.05) is 38.2 Å². The number of hydrogen-bond acceptors (Lipinski definition) is 4. The van der Waals surface area contributed by atoms with Gasteiger partial charge < -0.3 is 14.8 Å². The second-order valence-electron chi connectivity index (χ2n) is 6.29. The lowest BCUT2D eigenvalue weighted by Gasteiger charge is -2.29. The van der Waals surface area contributed by atoms with Crippen molar-refractivity contribution < 1.29 is 9.47 Å². The van der Waals surface area contributed by atoms with Gasteiger partial charge in [-0.15, -0.1) is 0 Å². The third-order valence-corrected chi connectivity index (χ3v) is 5.82. The minimum Gasteiger partial charge on any atom is -0.381 e. The summed E-state index contributed by atoms with van der Waals surface area (Å²) in [6.45, 7) is 4.52. The van der Waals surface area contributed by atoms with Gasteiger partial charge in [-0.25, -0.2) is 4.68 Å². The lowest BCUT2D eigenvalue weighted by atomic mass is 9.95. The first-order valence-corrected chi connectivity index (χ1v) is 8.81.